The van der Waals surface area contributed by atoms with Crippen LogP contribution in [0.3, 0.4) is 0 Å². The SMILES string of the molecule is CCNC(c1cccc(F)c1)C(C)(CC)N1CCCC1. The van der Waals surface area contributed by atoms with E-state index < -0.39 is 0 Å². The summed E-state index contributed by atoms with van der Waals surface area (Å²) < 4.78 is 13.6. The van der Waals surface area contributed by atoms with Crippen LogP contribution in [-0.2, 0) is 0 Å². The standard InChI is InChI=1S/C17H27FN2/c1-4-17(3,20-11-6-7-12-20)16(19-5-2)14-9-8-10-15(18)13-14/h8-10,13,16,19H,4-7,11-12H2,1-3H3. The van der Waals surface area contributed by atoms with Gasteiger partial charge in [-0.1, -0.05) is 26.0 Å². The third-order valence-electron chi connectivity index (χ3n) is 4.76. The van der Waals surface area contributed by atoms with E-state index in [0.29, 0.717) is 0 Å². The molecule has 1 saturated heterocycles. The number of likely N-dealkylation sites (N-methyl/N-ethyl adjacent to an activating group) is 1. The molecule has 0 amide bonds. The van der Waals surface area contributed by atoms with Gasteiger partial charge < -0.3 is 5.32 Å². The molecule has 3 heteroatoms. The Balaban J connectivity index is 2.34. The van der Waals surface area contributed by atoms with Crippen molar-refractivity contribution >= 4 is 0 Å². The summed E-state index contributed by atoms with van der Waals surface area (Å²) in [4.78, 5) is 2.57. The van der Waals surface area contributed by atoms with E-state index in [1.165, 1.54) is 18.9 Å². The normalized spacial score (nSPS) is 20.8. The number of hydrogen-bond donors (Lipinski definition) is 1. The maximum Gasteiger partial charge on any atom is 0.123 e. The highest BCUT2D eigenvalue weighted by Gasteiger charge is 2.39. The first kappa shape index (κ1) is 15.5. The molecule has 1 heterocycles. The summed E-state index contributed by atoms with van der Waals surface area (Å²) >= 11 is 0. The van der Waals surface area contributed by atoms with Gasteiger partial charge in [0.2, 0.25) is 0 Å². The molecule has 112 valence electrons. The van der Waals surface area contributed by atoms with E-state index in [9.17, 15) is 4.39 Å². The molecule has 1 aromatic rings. The van der Waals surface area contributed by atoms with E-state index in [1.54, 1.807) is 6.07 Å². The minimum absolute atomic E-state index is 0.0420. The van der Waals surface area contributed by atoms with Gasteiger partial charge in [0.25, 0.3) is 0 Å². The summed E-state index contributed by atoms with van der Waals surface area (Å²) in [5.74, 6) is -0.148. The zero-order chi connectivity index (χ0) is 14.6. The Kier molecular flexibility index (Phi) is 5.17. The molecule has 0 spiro atoms. The largest absolute Gasteiger partial charge is 0.309 e. The average Bonchev–Trinajstić information content (AvgIpc) is 2.98. The van der Waals surface area contributed by atoms with Gasteiger partial charge in [0.05, 0.1) is 6.04 Å². The van der Waals surface area contributed by atoms with Crippen molar-refractivity contribution in [2.45, 2.75) is 51.6 Å². The van der Waals surface area contributed by atoms with Crippen LogP contribution < -0.4 is 5.32 Å². The van der Waals surface area contributed by atoms with Crippen LogP contribution in [-0.4, -0.2) is 30.1 Å². The highest BCUT2D eigenvalue weighted by Crippen LogP contribution is 2.36. The topological polar surface area (TPSA) is 15.3 Å². The number of nitrogens with one attached hydrogen (secondary N) is 1. The predicted octanol–water partition coefficient (Wildman–Crippen LogP) is 3.74. The van der Waals surface area contributed by atoms with Gasteiger partial charge in [0.15, 0.2) is 0 Å². The van der Waals surface area contributed by atoms with Crippen molar-refractivity contribution in [1.29, 1.82) is 0 Å². The maximum absolute atomic E-state index is 13.6. The Morgan fingerprint density at radius 3 is 2.55 bits per heavy atom. The first-order valence-electron chi connectivity index (χ1n) is 7.85. The van der Waals surface area contributed by atoms with Gasteiger partial charge in [-0.05, 0) is 63.5 Å². The summed E-state index contributed by atoms with van der Waals surface area (Å²) in [6, 6.07) is 7.23. The third kappa shape index (κ3) is 3.04. The van der Waals surface area contributed by atoms with Crippen LogP contribution in [0.5, 0.6) is 0 Å². The molecule has 0 saturated carbocycles. The predicted molar refractivity (Wildman–Crippen MR) is 82.3 cm³/mol. The second-order valence-electron chi connectivity index (χ2n) is 5.95. The van der Waals surface area contributed by atoms with Crippen molar-refractivity contribution in [3.63, 3.8) is 0 Å². The molecule has 0 aromatic heterocycles. The van der Waals surface area contributed by atoms with Crippen molar-refractivity contribution in [1.82, 2.24) is 10.2 Å². The lowest BCUT2D eigenvalue weighted by Gasteiger charge is -2.45. The monoisotopic (exact) mass is 278 g/mol. The Labute approximate surface area is 122 Å². The second-order valence-corrected chi connectivity index (χ2v) is 5.95. The van der Waals surface area contributed by atoms with Crippen molar-refractivity contribution in [2.75, 3.05) is 19.6 Å². The first-order chi connectivity index (χ1) is 9.61. The summed E-state index contributed by atoms with van der Waals surface area (Å²) in [6.45, 7) is 9.87. The first-order valence-corrected chi connectivity index (χ1v) is 7.85. The number of halogens is 1. The minimum Gasteiger partial charge on any atom is -0.309 e. The number of nitrogens with zero attached hydrogens (tertiary/aromatic N) is 1. The zero-order valence-corrected chi connectivity index (χ0v) is 13.0. The molecule has 1 N–H and O–H groups in total. The van der Waals surface area contributed by atoms with Crippen molar-refractivity contribution in [3.8, 4) is 0 Å². The summed E-state index contributed by atoms with van der Waals surface area (Å²) in [5.41, 5.74) is 1.10. The molecular formula is C17H27FN2. The van der Waals surface area contributed by atoms with E-state index in [2.05, 4.69) is 31.0 Å². The fraction of sp³-hybridized carbons (Fsp3) is 0.647. The Bertz CT molecular complexity index is 429. The number of likely N-dealkylation sites (tertiary alicyclic amines) is 1. The summed E-state index contributed by atoms with van der Waals surface area (Å²) in [5, 5.41) is 3.59. The lowest BCUT2D eigenvalue weighted by molar-refractivity contribution is 0.0845. The number of rotatable bonds is 6. The van der Waals surface area contributed by atoms with Gasteiger partial charge in [-0.3, -0.25) is 4.90 Å². The zero-order valence-electron chi connectivity index (χ0n) is 13.0. The third-order valence-corrected chi connectivity index (χ3v) is 4.76. The van der Waals surface area contributed by atoms with Crippen LogP contribution >= 0.6 is 0 Å². The molecule has 1 aliphatic rings. The summed E-state index contributed by atoms with van der Waals surface area (Å²) in [7, 11) is 0. The smallest absolute Gasteiger partial charge is 0.123 e. The number of benzene rings is 1. The lowest BCUT2D eigenvalue weighted by atomic mass is 9.83. The lowest BCUT2D eigenvalue weighted by Crippen LogP contribution is -2.53. The van der Waals surface area contributed by atoms with Gasteiger partial charge in [-0.25, -0.2) is 4.39 Å². The van der Waals surface area contributed by atoms with E-state index in [1.807, 2.05) is 12.1 Å². The number of hydrogen-bond acceptors (Lipinski definition) is 2. The molecule has 1 aliphatic heterocycles. The summed E-state index contributed by atoms with van der Waals surface area (Å²) in [6.07, 6.45) is 3.61. The molecule has 20 heavy (non-hydrogen) atoms. The van der Waals surface area contributed by atoms with E-state index in [0.717, 1.165) is 31.6 Å². The molecule has 2 unspecified atom stereocenters. The van der Waals surface area contributed by atoms with Crippen molar-refractivity contribution in [3.05, 3.63) is 35.6 Å². The van der Waals surface area contributed by atoms with E-state index in [-0.39, 0.29) is 17.4 Å². The Morgan fingerprint density at radius 2 is 2.00 bits per heavy atom. The molecular weight excluding hydrogens is 251 g/mol. The van der Waals surface area contributed by atoms with Crippen LogP contribution in [0.25, 0.3) is 0 Å². The highest BCUT2D eigenvalue weighted by atomic mass is 19.1. The highest BCUT2D eigenvalue weighted by molar-refractivity contribution is 5.24. The Hall–Kier alpha value is -0.930. The average molecular weight is 278 g/mol. The molecule has 0 bridgehead atoms. The van der Waals surface area contributed by atoms with Crippen molar-refractivity contribution in [2.24, 2.45) is 0 Å². The maximum atomic E-state index is 13.6. The van der Waals surface area contributed by atoms with Gasteiger partial charge in [-0.2, -0.15) is 0 Å². The molecule has 2 rings (SSSR count). The van der Waals surface area contributed by atoms with Crippen LogP contribution in [0.1, 0.15) is 51.6 Å². The van der Waals surface area contributed by atoms with Crippen LogP contribution in [0, 0.1) is 5.82 Å². The second kappa shape index (κ2) is 6.68. The fourth-order valence-corrected chi connectivity index (χ4v) is 3.43. The van der Waals surface area contributed by atoms with E-state index >= 15 is 0 Å². The Morgan fingerprint density at radius 1 is 1.30 bits per heavy atom. The van der Waals surface area contributed by atoms with E-state index in [4.69, 9.17) is 0 Å². The quantitative estimate of drug-likeness (QED) is 0.852. The van der Waals surface area contributed by atoms with Gasteiger partial charge >= 0.3 is 0 Å². The molecule has 1 fully saturated rings. The minimum atomic E-state index is -0.148. The molecule has 0 aliphatic carbocycles. The fourth-order valence-electron chi connectivity index (χ4n) is 3.43. The van der Waals surface area contributed by atoms with Crippen LogP contribution in [0.2, 0.25) is 0 Å². The molecule has 0 radical (unpaired) electrons. The van der Waals surface area contributed by atoms with Gasteiger partial charge in [0.1, 0.15) is 5.82 Å². The molecule has 1 aromatic carbocycles. The molecule has 2 nitrogen and oxygen atoms in total. The molecule has 2 atom stereocenters. The van der Waals surface area contributed by atoms with Gasteiger partial charge in [0, 0.05) is 5.54 Å². The van der Waals surface area contributed by atoms with Crippen molar-refractivity contribution < 1.29 is 4.39 Å². The van der Waals surface area contributed by atoms with Gasteiger partial charge in [-0.15, -0.1) is 0 Å². The van der Waals surface area contributed by atoms with Crippen LogP contribution in [0.15, 0.2) is 24.3 Å². The van der Waals surface area contributed by atoms with Crippen LogP contribution in [0.4, 0.5) is 4.39 Å².